The topological polar surface area (TPSA) is 0 Å². The van der Waals surface area contributed by atoms with E-state index in [1.807, 2.05) is 0 Å². The van der Waals surface area contributed by atoms with Crippen LogP contribution in [0.5, 0.6) is 0 Å². The van der Waals surface area contributed by atoms with Crippen molar-refractivity contribution in [2.24, 2.45) is 0 Å². The summed E-state index contributed by atoms with van der Waals surface area (Å²) in [5, 5.41) is 0. The fourth-order valence-corrected chi connectivity index (χ4v) is 0. The molecule has 0 bridgehead atoms. The van der Waals surface area contributed by atoms with Crippen LogP contribution < -0.4 is 0 Å². The van der Waals surface area contributed by atoms with Crippen molar-refractivity contribution in [3.8, 4) is 0 Å². The van der Waals surface area contributed by atoms with Gasteiger partial charge in [0.25, 0.3) is 0 Å². The molecule has 0 saturated heterocycles. The molecule has 0 rings (SSSR count). The van der Waals surface area contributed by atoms with Gasteiger partial charge in [0, 0.05) is 0 Å². The first-order chi connectivity index (χ1) is 2.00. The number of halogens is 4. The second-order valence-corrected chi connectivity index (χ2v) is 0.495. The van der Waals surface area contributed by atoms with Crippen molar-refractivity contribution in [1.29, 1.82) is 0 Å². The summed E-state index contributed by atoms with van der Waals surface area (Å²) < 4.78 is 39.0. The molecule has 0 nitrogen and oxygen atoms in total. The zero-order valence-corrected chi connectivity index (χ0v) is 5.00. The van der Waals surface area contributed by atoms with Crippen LogP contribution in [-0.2, 0) is 0 Å². The monoisotopic (exact) mass is 129 g/mol. The van der Waals surface area contributed by atoms with Gasteiger partial charge in [0.2, 0.25) is 0 Å². The molecule has 0 aliphatic carbocycles. The van der Waals surface area contributed by atoms with Gasteiger partial charge in [-0.1, -0.05) is 0 Å². The average molecular weight is 129 g/mol. The van der Waals surface area contributed by atoms with E-state index in [1.165, 1.54) is 0 Å². The maximum absolute atomic E-state index is 9.75. The molecule has 36 valence electrons. The minimum absolute atomic E-state index is 0. The molecule has 0 amide bonds. The van der Waals surface area contributed by atoms with Crippen LogP contribution in [0.2, 0.25) is 0 Å². The summed E-state index contributed by atoms with van der Waals surface area (Å²) >= 11 is 0. The molecule has 6 heteroatoms. The van der Waals surface area contributed by atoms with Gasteiger partial charge in [0.15, 0.2) is 0 Å². The Bertz CT molecular complexity index is 29.5. The van der Waals surface area contributed by atoms with Crippen LogP contribution in [0.3, 0.4) is 0 Å². The van der Waals surface area contributed by atoms with E-state index >= 15 is 0 Å². The van der Waals surface area contributed by atoms with Gasteiger partial charge < -0.3 is 20.1 Å². The molecule has 0 heterocycles. The summed E-state index contributed by atoms with van der Waals surface area (Å²) in [5.74, 6) is 0. The second kappa shape index (κ2) is 3.10. The molecule has 0 saturated carbocycles. The largest absolute Gasteiger partial charge is 2.00 e. The van der Waals surface area contributed by atoms with Gasteiger partial charge in [-0.25, -0.2) is 0 Å². The Labute approximate surface area is 65.0 Å². The van der Waals surface area contributed by atoms with Crippen LogP contribution in [0.15, 0.2) is 0 Å². The Hall–Kier alpha value is 1.04. The van der Waals surface area contributed by atoms with Crippen LogP contribution in [0, 0.1) is 0 Å². The molecule has 0 radical (unpaired) electrons. The molecule has 0 spiro atoms. The van der Waals surface area contributed by atoms with Crippen molar-refractivity contribution >= 4 is 45.0 Å². The summed E-state index contributed by atoms with van der Waals surface area (Å²) in [6, 6.07) is 0. The second-order valence-electron chi connectivity index (χ2n) is 0.495. The smallest absolute Gasteiger partial charge is 1.00 e. The van der Waals surface area contributed by atoms with E-state index in [-0.39, 0.29) is 40.6 Å². The van der Waals surface area contributed by atoms with Gasteiger partial charge in [-0.15, -0.1) is 0 Å². The average Bonchev–Trinajstić information content (AvgIpc) is 0.722. The predicted octanol–water partition coefficient (Wildman–Crippen LogP) is 1.14. The first-order valence-electron chi connectivity index (χ1n) is 0.873. The Morgan fingerprint density at radius 1 is 1.00 bits per heavy atom. The molecule has 0 aromatic heterocycles. The van der Waals surface area contributed by atoms with Gasteiger partial charge >= 0.3 is 45.0 Å². The summed E-state index contributed by atoms with van der Waals surface area (Å²) in [6.07, 6.45) is 0. The van der Waals surface area contributed by atoms with E-state index in [0.29, 0.717) is 0 Å². The Kier molecular flexibility index (Phi) is 5.23. The first-order valence-corrected chi connectivity index (χ1v) is 0.873. The third-order valence-corrected chi connectivity index (χ3v) is 0. The first kappa shape index (κ1) is 10.1. The quantitative estimate of drug-likeness (QED) is 0.339. The summed E-state index contributed by atoms with van der Waals surface area (Å²) in [7, 11) is -6.00. The Morgan fingerprint density at radius 2 is 1.00 bits per heavy atom. The van der Waals surface area contributed by atoms with Crippen molar-refractivity contribution in [1.82, 2.24) is 0 Å². The molecular weight excluding hydrogens is 127 g/mol. The Balaban J connectivity index is -0.0000000267. The SMILES string of the molecule is F[B-](F)(F)F.[Ca+2].[H-].[H-]. The molecule has 0 aliphatic rings. The standard InChI is InChI=1S/BF4.Ca.2H/c2-1(3,4)5;;;/q-1;+2;2*-1. The van der Waals surface area contributed by atoms with Gasteiger partial charge in [-0.05, 0) is 0 Å². The van der Waals surface area contributed by atoms with Gasteiger partial charge in [0.05, 0.1) is 0 Å². The zero-order valence-electron chi connectivity index (χ0n) is 4.80. The van der Waals surface area contributed by atoms with Crippen LogP contribution in [0.25, 0.3) is 0 Å². The van der Waals surface area contributed by atoms with E-state index in [9.17, 15) is 17.3 Å². The fraction of sp³-hybridized carbons (Fsp3) is 0. The van der Waals surface area contributed by atoms with E-state index in [1.54, 1.807) is 0 Å². The molecule has 0 N–H and O–H groups in total. The molecule has 0 aromatic carbocycles. The zero-order chi connectivity index (χ0) is 4.50. The molecule has 0 fully saturated rings. The molecule has 6 heavy (non-hydrogen) atoms. The number of hydrogen-bond donors (Lipinski definition) is 0. The minimum Gasteiger partial charge on any atom is -1.00 e. The van der Waals surface area contributed by atoms with Crippen LogP contribution in [0.4, 0.5) is 17.3 Å². The number of hydrogen-bond acceptors (Lipinski definition) is 0. The maximum atomic E-state index is 9.75. The van der Waals surface area contributed by atoms with Crippen molar-refractivity contribution in [3.63, 3.8) is 0 Å². The van der Waals surface area contributed by atoms with Crippen LogP contribution >= 0.6 is 0 Å². The molecule has 0 aromatic rings. The van der Waals surface area contributed by atoms with Gasteiger partial charge in [0.1, 0.15) is 0 Å². The van der Waals surface area contributed by atoms with Gasteiger partial charge in [-0.2, -0.15) is 0 Å². The Morgan fingerprint density at radius 3 is 1.00 bits per heavy atom. The van der Waals surface area contributed by atoms with E-state index in [4.69, 9.17) is 0 Å². The third kappa shape index (κ3) is 75.6. The molecule has 0 aliphatic heterocycles. The van der Waals surface area contributed by atoms with Crippen LogP contribution in [0.1, 0.15) is 2.85 Å². The summed E-state index contributed by atoms with van der Waals surface area (Å²) in [5.41, 5.74) is 0. The normalized spacial score (nSPS) is 10.0. The van der Waals surface area contributed by atoms with Crippen molar-refractivity contribution in [3.05, 3.63) is 0 Å². The fourth-order valence-electron chi connectivity index (χ4n) is 0. The van der Waals surface area contributed by atoms with Crippen molar-refractivity contribution in [2.75, 3.05) is 0 Å². The van der Waals surface area contributed by atoms with Crippen LogP contribution in [-0.4, -0.2) is 45.0 Å². The third-order valence-electron chi connectivity index (χ3n) is 0. The van der Waals surface area contributed by atoms with Gasteiger partial charge in [-0.3, -0.25) is 0 Å². The van der Waals surface area contributed by atoms with E-state index < -0.39 is 7.25 Å². The van der Waals surface area contributed by atoms with E-state index in [0.717, 1.165) is 0 Å². The minimum atomic E-state index is -6.00. The molecule has 0 atom stereocenters. The predicted molar refractivity (Wildman–Crippen MR) is 18.2 cm³/mol. The summed E-state index contributed by atoms with van der Waals surface area (Å²) in [6.45, 7) is 0. The van der Waals surface area contributed by atoms with Crippen molar-refractivity contribution in [2.45, 2.75) is 0 Å². The number of rotatable bonds is 0. The molecule has 0 unspecified atom stereocenters. The molecular formula is H2BCaF4-. The maximum Gasteiger partial charge on any atom is 2.00 e. The summed E-state index contributed by atoms with van der Waals surface area (Å²) in [4.78, 5) is 0. The van der Waals surface area contributed by atoms with E-state index in [2.05, 4.69) is 0 Å². The van der Waals surface area contributed by atoms with Crippen molar-refractivity contribution < 1.29 is 20.1 Å².